The molecule has 0 bridgehead atoms. The number of nitrogens with zero attached hydrogens (tertiary/aromatic N) is 3. The van der Waals surface area contributed by atoms with E-state index in [-0.39, 0.29) is 41.4 Å². The predicted molar refractivity (Wildman–Crippen MR) is 147 cm³/mol. The summed E-state index contributed by atoms with van der Waals surface area (Å²) >= 11 is 0. The van der Waals surface area contributed by atoms with Crippen LogP contribution in [-0.2, 0) is 32.5 Å². The van der Waals surface area contributed by atoms with Gasteiger partial charge in [0.1, 0.15) is 12.2 Å². The van der Waals surface area contributed by atoms with Crippen LogP contribution < -0.4 is 14.9 Å². The molecule has 1 aliphatic heterocycles. The maximum atomic E-state index is 13.8. The van der Waals surface area contributed by atoms with Crippen LogP contribution in [0.2, 0.25) is 0 Å². The van der Waals surface area contributed by atoms with Crippen molar-refractivity contribution >= 4 is 33.6 Å². The van der Waals surface area contributed by atoms with Crippen molar-refractivity contribution in [2.24, 2.45) is 0 Å². The highest BCUT2D eigenvalue weighted by atomic mass is 32.2. The number of benzene rings is 2. The van der Waals surface area contributed by atoms with Gasteiger partial charge in [-0.15, -0.1) is 0 Å². The van der Waals surface area contributed by atoms with Crippen LogP contribution in [0.1, 0.15) is 37.6 Å². The summed E-state index contributed by atoms with van der Waals surface area (Å²) in [6.07, 6.45) is 0.179. The Morgan fingerprint density at radius 3 is 2.55 bits per heavy atom. The van der Waals surface area contributed by atoms with E-state index >= 15 is 0 Å². The van der Waals surface area contributed by atoms with Gasteiger partial charge in [-0.25, -0.2) is 18.0 Å². The summed E-state index contributed by atoms with van der Waals surface area (Å²) in [5.41, 5.74) is 1.09. The molecule has 0 fully saturated rings. The zero-order chi connectivity index (χ0) is 28.9. The van der Waals surface area contributed by atoms with Crippen molar-refractivity contribution in [2.75, 3.05) is 16.2 Å². The highest BCUT2D eigenvalue weighted by molar-refractivity contribution is 7.92. The molecule has 4 rings (SSSR count). The number of pyridine rings is 1. The summed E-state index contributed by atoms with van der Waals surface area (Å²) in [5.74, 6) is 0. The molecule has 0 aliphatic carbocycles. The standard InChI is InChI=1S/C28H29N5O6S/c1-28(2,3)39-27(35)31-21-14-25-24(30-16-21)13-22(32-26(34)38-18-19-8-5-4-6-9-19)17-33(25)40(36,37)23-11-7-10-20(12-23)15-29/h4-12,14,16,22H,13,17-18H2,1-3H3,(H,31,35)(H,32,34). The van der Waals surface area contributed by atoms with Gasteiger partial charge in [0.2, 0.25) is 0 Å². The number of ether oxygens (including phenoxy) is 2. The van der Waals surface area contributed by atoms with Crippen LogP contribution in [0.3, 0.4) is 0 Å². The smallest absolute Gasteiger partial charge is 0.412 e. The Kier molecular flexibility index (Phi) is 8.25. The first-order chi connectivity index (χ1) is 18.9. The van der Waals surface area contributed by atoms with E-state index in [9.17, 15) is 23.3 Å². The van der Waals surface area contributed by atoms with E-state index in [0.29, 0.717) is 5.69 Å². The van der Waals surface area contributed by atoms with Gasteiger partial charge in [0.05, 0.1) is 52.4 Å². The van der Waals surface area contributed by atoms with E-state index in [1.54, 1.807) is 20.8 Å². The van der Waals surface area contributed by atoms with Gasteiger partial charge in [-0.2, -0.15) is 5.26 Å². The van der Waals surface area contributed by atoms with Crippen LogP contribution in [-0.4, -0.2) is 43.8 Å². The molecule has 0 radical (unpaired) electrons. The molecule has 11 nitrogen and oxygen atoms in total. The summed E-state index contributed by atoms with van der Waals surface area (Å²) in [4.78, 5) is 29.2. The first kappa shape index (κ1) is 28.4. The summed E-state index contributed by atoms with van der Waals surface area (Å²) in [7, 11) is -4.20. The number of amides is 2. The topological polar surface area (TPSA) is 151 Å². The largest absolute Gasteiger partial charge is 0.445 e. The van der Waals surface area contributed by atoms with Gasteiger partial charge in [0, 0.05) is 6.42 Å². The van der Waals surface area contributed by atoms with E-state index in [2.05, 4.69) is 15.6 Å². The lowest BCUT2D eigenvalue weighted by atomic mass is 10.0. The minimum Gasteiger partial charge on any atom is -0.445 e. The SMILES string of the molecule is CC(C)(C)OC(=O)Nc1cnc2c(c1)N(S(=O)(=O)c1cccc(C#N)c1)CC(NC(=O)OCc1ccccc1)C2. The first-order valence-corrected chi connectivity index (χ1v) is 13.9. The molecule has 2 aromatic carbocycles. The Labute approximate surface area is 232 Å². The Hall–Kier alpha value is -4.63. The molecule has 0 spiro atoms. The second kappa shape index (κ2) is 11.6. The van der Waals surface area contributed by atoms with Crippen molar-refractivity contribution in [1.29, 1.82) is 5.26 Å². The van der Waals surface area contributed by atoms with E-state index in [1.165, 1.54) is 36.5 Å². The minimum atomic E-state index is -4.20. The van der Waals surface area contributed by atoms with Gasteiger partial charge in [0.25, 0.3) is 10.0 Å². The Morgan fingerprint density at radius 2 is 1.85 bits per heavy atom. The number of aromatic nitrogens is 1. The molecule has 0 saturated heterocycles. The summed E-state index contributed by atoms with van der Waals surface area (Å²) in [6, 6.07) is 17.6. The van der Waals surface area contributed by atoms with Crippen molar-refractivity contribution < 1.29 is 27.5 Å². The molecule has 1 atom stereocenters. The fraction of sp³-hybridized carbons (Fsp3) is 0.286. The van der Waals surface area contributed by atoms with Gasteiger partial charge in [0.15, 0.2) is 0 Å². The molecule has 12 heteroatoms. The minimum absolute atomic E-state index is 0.0525. The highest BCUT2D eigenvalue weighted by Gasteiger charge is 2.35. The molecule has 3 aromatic rings. The summed E-state index contributed by atoms with van der Waals surface area (Å²) in [5, 5.41) is 14.6. The molecule has 1 aliphatic rings. The fourth-order valence-corrected chi connectivity index (χ4v) is 5.62. The molecule has 2 amide bonds. The maximum Gasteiger partial charge on any atom is 0.412 e. The molecule has 40 heavy (non-hydrogen) atoms. The van der Waals surface area contributed by atoms with Crippen molar-refractivity contribution in [1.82, 2.24) is 10.3 Å². The molecule has 2 N–H and O–H groups in total. The quantitative estimate of drug-likeness (QED) is 0.449. The molecular formula is C28H29N5O6S. The number of carbonyl (C=O) groups is 2. The van der Waals surface area contributed by atoms with Crippen LogP contribution in [0.5, 0.6) is 0 Å². The third-order valence-corrected chi connectivity index (χ3v) is 7.55. The summed E-state index contributed by atoms with van der Waals surface area (Å²) in [6.45, 7) is 5.08. The van der Waals surface area contributed by atoms with Crippen molar-refractivity contribution in [3.05, 3.63) is 83.7 Å². The van der Waals surface area contributed by atoms with Crippen LogP contribution >= 0.6 is 0 Å². The molecular weight excluding hydrogens is 534 g/mol. The van der Waals surface area contributed by atoms with Gasteiger partial charge in [-0.1, -0.05) is 36.4 Å². The number of hydrogen-bond donors (Lipinski definition) is 2. The number of carbonyl (C=O) groups excluding carboxylic acids is 2. The number of nitrogens with one attached hydrogen (secondary N) is 2. The molecule has 208 valence electrons. The van der Waals surface area contributed by atoms with Crippen LogP contribution in [0, 0.1) is 11.3 Å². The maximum absolute atomic E-state index is 13.8. The molecule has 1 unspecified atom stereocenters. The monoisotopic (exact) mass is 563 g/mol. The Bertz CT molecular complexity index is 1550. The van der Waals surface area contributed by atoms with Gasteiger partial charge >= 0.3 is 12.2 Å². The third kappa shape index (κ3) is 7.06. The third-order valence-electron chi connectivity index (χ3n) is 5.77. The number of fused-ring (bicyclic) bond motifs is 1. The molecule has 0 saturated carbocycles. The fourth-order valence-electron chi connectivity index (χ4n) is 4.05. The van der Waals surface area contributed by atoms with Crippen LogP contribution in [0.4, 0.5) is 21.0 Å². The second-order valence-electron chi connectivity index (χ2n) is 10.1. The van der Waals surface area contributed by atoms with E-state index < -0.39 is 33.9 Å². The second-order valence-corrected chi connectivity index (χ2v) is 12.0. The number of hydrogen-bond acceptors (Lipinski definition) is 8. The zero-order valence-electron chi connectivity index (χ0n) is 22.2. The normalized spacial score (nSPS) is 14.8. The van der Waals surface area contributed by atoms with Crippen molar-refractivity contribution in [3.8, 4) is 6.07 Å². The van der Waals surface area contributed by atoms with E-state index in [4.69, 9.17) is 9.47 Å². The predicted octanol–water partition coefficient (Wildman–Crippen LogP) is 4.35. The van der Waals surface area contributed by atoms with Gasteiger partial charge in [-0.05, 0) is 50.6 Å². The number of alkyl carbamates (subject to hydrolysis) is 1. The van der Waals surface area contributed by atoms with E-state index in [1.807, 2.05) is 36.4 Å². The van der Waals surface area contributed by atoms with Gasteiger partial charge < -0.3 is 14.8 Å². The average molecular weight is 564 g/mol. The zero-order valence-corrected chi connectivity index (χ0v) is 23.1. The number of rotatable bonds is 6. The average Bonchev–Trinajstić information content (AvgIpc) is 2.91. The molecule has 2 heterocycles. The Morgan fingerprint density at radius 1 is 1.10 bits per heavy atom. The number of nitriles is 1. The lowest BCUT2D eigenvalue weighted by Crippen LogP contribution is -2.50. The lowest BCUT2D eigenvalue weighted by molar-refractivity contribution is 0.0635. The summed E-state index contributed by atoms with van der Waals surface area (Å²) < 4.78 is 39.3. The Balaban J connectivity index is 1.62. The molecule has 1 aromatic heterocycles. The van der Waals surface area contributed by atoms with Crippen molar-refractivity contribution in [2.45, 2.75) is 50.3 Å². The van der Waals surface area contributed by atoms with Crippen LogP contribution in [0.25, 0.3) is 0 Å². The van der Waals surface area contributed by atoms with Crippen molar-refractivity contribution in [3.63, 3.8) is 0 Å². The van der Waals surface area contributed by atoms with E-state index in [0.717, 1.165) is 9.87 Å². The lowest BCUT2D eigenvalue weighted by Gasteiger charge is -2.35. The van der Waals surface area contributed by atoms with Gasteiger partial charge in [-0.3, -0.25) is 14.6 Å². The number of anilines is 2. The number of sulfonamides is 1. The highest BCUT2D eigenvalue weighted by Crippen LogP contribution is 2.33. The van der Waals surface area contributed by atoms with Crippen LogP contribution in [0.15, 0.2) is 71.8 Å². The first-order valence-electron chi connectivity index (χ1n) is 12.4.